The van der Waals surface area contributed by atoms with E-state index in [2.05, 4.69) is 39.0 Å². The lowest BCUT2D eigenvalue weighted by Gasteiger charge is -2.41. The predicted octanol–water partition coefficient (Wildman–Crippen LogP) is 4.22. The van der Waals surface area contributed by atoms with E-state index in [-0.39, 0.29) is 5.41 Å². The van der Waals surface area contributed by atoms with E-state index in [1.54, 1.807) is 0 Å². The predicted molar refractivity (Wildman–Crippen MR) is 77.1 cm³/mol. The minimum absolute atomic E-state index is 0.125. The Morgan fingerprint density at radius 2 is 2.17 bits per heavy atom. The largest absolute Gasteiger partial charge is 0.273 e. The molecule has 18 heavy (non-hydrogen) atoms. The van der Waals surface area contributed by atoms with E-state index in [9.17, 15) is 0 Å². The van der Waals surface area contributed by atoms with Crippen LogP contribution in [-0.4, -0.2) is 15.2 Å². The topological polar surface area (TPSA) is 17.8 Å². The van der Waals surface area contributed by atoms with Gasteiger partial charge in [-0.05, 0) is 42.6 Å². The van der Waals surface area contributed by atoms with Crippen LogP contribution in [0.1, 0.15) is 52.5 Å². The second-order valence-corrected chi connectivity index (χ2v) is 6.91. The fourth-order valence-electron chi connectivity index (χ4n) is 3.21. The maximum Gasteiger partial charge on any atom is 0.0527 e. The highest BCUT2D eigenvalue weighted by Gasteiger charge is 2.39. The fourth-order valence-corrected chi connectivity index (χ4v) is 3.95. The van der Waals surface area contributed by atoms with Crippen molar-refractivity contribution in [3.8, 4) is 0 Å². The molecule has 3 heteroatoms. The Morgan fingerprint density at radius 1 is 1.44 bits per heavy atom. The normalized spacial score (nSPS) is 29.5. The van der Waals surface area contributed by atoms with Crippen LogP contribution in [0.3, 0.4) is 0 Å². The number of nitrogens with zero attached hydrogens (tertiary/aromatic N) is 2. The molecule has 3 atom stereocenters. The number of rotatable bonds is 3. The molecule has 1 saturated carbocycles. The standard InChI is InChI=1S/C15H25ClN2/c1-5-18-10-12(9-17-18)15(3,4)13-7-6-11(2)8-14(13)16/h9-11,13-14H,5-8H2,1-4H3. The monoisotopic (exact) mass is 268 g/mol. The van der Waals surface area contributed by atoms with Crippen molar-refractivity contribution in [1.29, 1.82) is 0 Å². The van der Waals surface area contributed by atoms with Gasteiger partial charge in [0.05, 0.1) is 6.20 Å². The first-order valence-electron chi connectivity index (χ1n) is 7.12. The van der Waals surface area contributed by atoms with Crippen LogP contribution in [0.25, 0.3) is 0 Å². The van der Waals surface area contributed by atoms with Gasteiger partial charge in [-0.2, -0.15) is 5.10 Å². The maximum atomic E-state index is 6.63. The summed E-state index contributed by atoms with van der Waals surface area (Å²) in [6, 6.07) is 0. The third-order valence-electron chi connectivity index (χ3n) is 4.66. The Balaban J connectivity index is 2.19. The van der Waals surface area contributed by atoms with E-state index in [1.165, 1.54) is 18.4 Å². The van der Waals surface area contributed by atoms with E-state index in [0.717, 1.165) is 18.9 Å². The second kappa shape index (κ2) is 5.24. The number of halogens is 1. The third kappa shape index (κ3) is 2.59. The van der Waals surface area contributed by atoms with Crippen molar-refractivity contribution in [3.05, 3.63) is 18.0 Å². The molecular formula is C15H25ClN2. The zero-order chi connectivity index (χ0) is 13.3. The lowest BCUT2D eigenvalue weighted by molar-refractivity contribution is 0.207. The molecule has 2 nitrogen and oxygen atoms in total. The molecule has 0 saturated heterocycles. The summed E-state index contributed by atoms with van der Waals surface area (Å²) in [5, 5.41) is 4.71. The van der Waals surface area contributed by atoms with E-state index < -0.39 is 0 Å². The van der Waals surface area contributed by atoms with E-state index in [4.69, 9.17) is 11.6 Å². The molecule has 2 rings (SSSR count). The molecule has 0 aliphatic heterocycles. The summed E-state index contributed by atoms with van der Waals surface area (Å²) in [4.78, 5) is 0. The molecule has 0 amide bonds. The summed E-state index contributed by atoms with van der Waals surface area (Å²) < 4.78 is 2.01. The lowest BCUT2D eigenvalue weighted by atomic mass is 9.66. The Bertz CT molecular complexity index is 397. The number of hydrogen-bond acceptors (Lipinski definition) is 1. The summed E-state index contributed by atoms with van der Waals surface area (Å²) in [6.07, 6.45) is 7.89. The molecule has 0 radical (unpaired) electrons. The van der Waals surface area contributed by atoms with Crippen LogP contribution >= 0.6 is 11.6 Å². The van der Waals surface area contributed by atoms with Gasteiger partial charge in [0.15, 0.2) is 0 Å². The molecule has 3 unspecified atom stereocenters. The van der Waals surface area contributed by atoms with Crippen LogP contribution in [0.5, 0.6) is 0 Å². The average Bonchev–Trinajstić information content (AvgIpc) is 2.77. The Morgan fingerprint density at radius 3 is 2.72 bits per heavy atom. The Kier molecular flexibility index (Phi) is 4.05. The molecule has 1 aliphatic carbocycles. The van der Waals surface area contributed by atoms with Crippen LogP contribution < -0.4 is 0 Å². The van der Waals surface area contributed by atoms with Crippen molar-refractivity contribution in [3.63, 3.8) is 0 Å². The highest BCUT2D eigenvalue weighted by atomic mass is 35.5. The SMILES string of the molecule is CCn1cc(C(C)(C)C2CCC(C)CC2Cl)cn1. The lowest BCUT2D eigenvalue weighted by Crippen LogP contribution is -2.38. The van der Waals surface area contributed by atoms with Gasteiger partial charge in [-0.15, -0.1) is 11.6 Å². The highest BCUT2D eigenvalue weighted by molar-refractivity contribution is 6.20. The van der Waals surface area contributed by atoms with Crippen molar-refractivity contribution in [2.75, 3.05) is 0 Å². The minimum Gasteiger partial charge on any atom is -0.273 e. The second-order valence-electron chi connectivity index (χ2n) is 6.35. The van der Waals surface area contributed by atoms with Gasteiger partial charge in [0.1, 0.15) is 0 Å². The molecule has 102 valence electrons. The van der Waals surface area contributed by atoms with Gasteiger partial charge in [0, 0.05) is 18.1 Å². The van der Waals surface area contributed by atoms with Gasteiger partial charge >= 0.3 is 0 Å². The Labute approximate surface area is 116 Å². The third-order valence-corrected chi connectivity index (χ3v) is 5.15. The van der Waals surface area contributed by atoms with Gasteiger partial charge in [-0.25, -0.2) is 0 Å². The van der Waals surface area contributed by atoms with Crippen molar-refractivity contribution in [2.24, 2.45) is 11.8 Å². The van der Waals surface area contributed by atoms with Crippen LogP contribution in [0.2, 0.25) is 0 Å². The van der Waals surface area contributed by atoms with Crippen LogP contribution in [0.15, 0.2) is 12.4 Å². The summed E-state index contributed by atoms with van der Waals surface area (Å²) in [7, 11) is 0. The number of aromatic nitrogens is 2. The van der Waals surface area contributed by atoms with Crippen LogP contribution in [0.4, 0.5) is 0 Å². The maximum absolute atomic E-state index is 6.63. The fraction of sp³-hybridized carbons (Fsp3) is 0.800. The van der Waals surface area contributed by atoms with Gasteiger partial charge in [-0.1, -0.05) is 27.2 Å². The van der Waals surface area contributed by atoms with E-state index in [1.807, 2.05) is 10.9 Å². The molecule has 0 N–H and O–H groups in total. The molecule has 0 spiro atoms. The van der Waals surface area contributed by atoms with Crippen molar-refractivity contribution < 1.29 is 0 Å². The molecule has 1 fully saturated rings. The quantitative estimate of drug-likeness (QED) is 0.751. The number of alkyl halides is 1. The van der Waals surface area contributed by atoms with Gasteiger partial charge in [0.25, 0.3) is 0 Å². The first-order chi connectivity index (χ1) is 8.45. The van der Waals surface area contributed by atoms with Crippen LogP contribution in [0, 0.1) is 11.8 Å². The molecular weight excluding hydrogens is 244 g/mol. The molecule has 1 aromatic rings. The van der Waals surface area contributed by atoms with E-state index in [0.29, 0.717) is 11.3 Å². The molecule has 0 bridgehead atoms. The highest BCUT2D eigenvalue weighted by Crippen LogP contribution is 2.44. The zero-order valence-electron chi connectivity index (χ0n) is 12.0. The van der Waals surface area contributed by atoms with Gasteiger partial charge in [0.2, 0.25) is 0 Å². The molecule has 1 heterocycles. The number of hydrogen-bond donors (Lipinski definition) is 0. The summed E-state index contributed by atoms with van der Waals surface area (Å²) >= 11 is 6.63. The summed E-state index contributed by atoms with van der Waals surface area (Å²) in [5.74, 6) is 1.34. The first-order valence-corrected chi connectivity index (χ1v) is 7.55. The first kappa shape index (κ1) is 13.9. The van der Waals surface area contributed by atoms with Crippen molar-refractivity contribution in [2.45, 2.75) is 64.3 Å². The smallest absolute Gasteiger partial charge is 0.0527 e. The molecule has 0 aromatic carbocycles. The number of aryl methyl sites for hydroxylation is 1. The zero-order valence-corrected chi connectivity index (χ0v) is 12.7. The minimum atomic E-state index is 0.125. The average molecular weight is 269 g/mol. The summed E-state index contributed by atoms with van der Waals surface area (Å²) in [5.41, 5.74) is 1.45. The van der Waals surface area contributed by atoms with Gasteiger partial charge < -0.3 is 0 Å². The molecule has 1 aromatic heterocycles. The Hall–Kier alpha value is -0.500. The van der Waals surface area contributed by atoms with E-state index >= 15 is 0 Å². The summed E-state index contributed by atoms with van der Waals surface area (Å²) in [6.45, 7) is 10.0. The molecule has 1 aliphatic rings. The van der Waals surface area contributed by atoms with Crippen molar-refractivity contribution in [1.82, 2.24) is 9.78 Å². The van der Waals surface area contributed by atoms with Gasteiger partial charge in [-0.3, -0.25) is 4.68 Å². The van der Waals surface area contributed by atoms with Crippen molar-refractivity contribution >= 4 is 11.6 Å². The van der Waals surface area contributed by atoms with Crippen LogP contribution in [-0.2, 0) is 12.0 Å².